The molecule has 0 bridgehead atoms. The van der Waals surface area contributed by atoms with E-state index in [1.165, 1.54) is 7.11 Å². The minimum atomic E-state index is -1.50. The summed E-state index contributed by atoms with van der Waals surface area (Å²) in [7, 11) is 1.34. The highest BCUT2D eigenvalue weighted by molar-refractivity contribution is 6.02. The fraction of sp³-hybridized carbons (Fsp3) is 0.259. The molecule has 176 valence electrons. The monoisotopic (exact) mass is 460 g/mol. The molecule has 1 heterocycles. The number of hydrogen-bond donors (Lipinski definition) is 1. The lowest BCUT2D eigenvalue weighted by Gasteiger charge is -2.41. The zero-order valence-electron chi connectivity index (χ0n) is 19.3. The summed E-state index contributed by atoms with van der Waals surface area (Å²) in [4.78, 5) is 27.3. The summed E-state index contributed by atoms with van der Waals surface area (Å²) < 4.78 is 17.2. The quantitative estimate of drug-likeness (QED) is 0.509. The maximum Gasteiger partial charge on any atom is 0.337 e. The molecule has 0 spiro atoms. The maximum absolute atomic E-state index is 13.8. The second kappa shape index (κ2) is 9.97. The number of para-hydroxylation sites is 2. The number of nitrogens with zero attached hydrogens (tertiary/aromatic N) is 1. The largest absolute Gasteiger partial charge is 0.465 e. The van der Waals surface area contributed by atoms with Crippen LogP contribution in [0.2, 0.25) is 0 Å². The summed E-state index contributed by atoms with van der Waals surface area (Å²) in [6, 6.07) is 21.9. The fourth-order valence-electron chi connectivity index (χ4n) is 3.95. The molecule has 3 aromatic rings. The highest BCUT2D eigenvalue weighted by atomic mass is 16.7. The van der Waals surface area contributed by atoms with Crippen LogP contribution < -0.4 is 20.1 Å². The highest BCUT2D eigenvalue weighted by Gasteiger charge is 2.49. The van der Waals surface area contributed by atoms with Crippen molar-refractivity contribution in [1.82, 2.24) is 0 Å². The van der Waals surface area contributed by atoms with Gasteiger partial charge in [0.05, 0.1) is 24.9 Å². The normalized spacial score (nSPS) is 17.0. The molecule has 1 aliphatic heterocycles. The lowest BCUT2D eigenvalue weighted by Crippen LogP contribution is -2.59. The number of anilines is 1. The number of carbonyl (C=O) groups is 2. The van der Waals surface area contributed by atoms with Gasteiger partial charge in [0.2, 0.25) is 0 Å². The van der Waals surface area contributed by atoms with E-state index in [4.69, 9.17) is 19.9 Å². The predicted molar refractivity (Wildman–Crippen MR) is 129 cm³/mol. The van der Waals surface area contributed by atoms with Crippen molar-refractivity contribution < 1.29 is 23.8 Å². The second-order valence-electron chi connectivity index (χ2n) is 8.04. The molecule has 1 aliphatic rings. The molecule has 0 saturated heterocycles. The number of hydrogen-bond acceptors (Lipinski definition) is 6. The van der Waals surface area contributed by atoms with E-state index >= 15 is 0 Å². The van der Waals surface area contributed by atoms with Gasteiger partial charge >= 0.3 is 17.7 Å². The smallest absolute Gasteiger partial charge is 0.337 e. The predicted octanol–water partition coefficient (Wildman–Crippen LogP) is 4.09. The molecule has 2 N–H and O–H groups in total. The lowest BCUT2D eigenvalue weighted by atomic mass is 10.1. The zero-order valence-corrected chi connectivity index (χ0v) is 19.3. The maximum atomic E-state index is 13.8. The Balaban J connectivity index is 1.65. The summed E-state index contributed by atoms with van der Waals surface area (Å²) in [6.45, 7) is 2.71. The van der Waals surface area contributed by atoms with Crippen molar-refractivity contribution in [2.45, 2.75) is 32.1 Å². The lowest BCUT2D eigenvalue weighted by molar-refractivity contribution is -0.167. The minimum absolute atomic E-state index is 0.293. The Morgan fingerprint density at radius 3 is 2.32 bits per heavy atom. The van der Waals surface area contributed by atoms with E-state index in [0.717, 1.165) is 17.5 Å². The number of nitrogens with two attached hydrogens (primary N) is 1. The molecule has 1 atom stereocenters. The Labute approximate surface area is 199 Å². The minimum Gasteiger partial charge on any atom is -0.465 e. The standard InChI is InChI=1S/C27H28N2O5/c1-3-27(33-22-14-10-19(11-15-22)16-17-28)26(31)29(23-6-4-5-7-24(23)34-27)18-20-8-12-21(13-9-20)25(30)32-2/h4-15H,3,16-18,28H2,1-2H3. The Hall–Kier alpha value is -3.84. The van der Waals surface area contributed by atoms with Gasteiger partial charge in [-0.3, -0.25) is 9.69 Å². The van der Waals surface area contributed by atoms with Crippen molar-refractivity contribution in [2.24, 2.45) is 5.73 Å². The molecule has 0 saturated carbocycles. The van der Waals surface area contributed by atoms with Crippen LogP contribution in [0.4, 0.5) is 5.69 Å². The molecule has 1 amide bonds. The van der Waals surface area contributed by atoms with Crippen molar-refractivity contribution >= 4 is 17.6 Å². The number of methoxy groups -OCH3 is 1. The molecule has 7 heteroatoms. The van der Waals surface area contributed by atoms with Crippen LogP contribution in [-0.2, 0) is 22.5 Å². The average molecular weight is 461 g/mol. The van der Waals surface area contributed by atoms with Crippen molar-refractivity contribution in [3.8, 4) is 11.5 Å². The number of benzene rings is 3. The van der Waals surface area contributed by atoms with Crippen LogP contribution in [0, 0.1) is 0 Å². The number of amides is 1. The Bertz CT molecular complexity index is 1160. The molecular formula is C27H28N2O5. The average Bonchev–Trinajstić information content (AvgIpc) is 2.87. The van der Waals surface area contributed by atoms with Gasteiger partial charge < -0.3 is 19.9 Å². The molecule has 0 radical (unpaired) electrons. The first kappa shape index (κ1) is 23.3. The highest BCUT2D eigenvalue weighted by Crippen LogP contribution is 2.40. The van der Waals surface area contributed by atoms with Gasteiger partial charge in [-0.05, 0) is 60.5 Å². The van der Waals surface area contributed by atoms with Gasteiger partial charge in [0.25, 0.3) is 0 Å². The summed E-state index contributed by atoms with van der Waals surface area (Å²) in [6.07, 6.45) is 1.08. The molecule has 0 aliphatic carbocycles. The van der Waals surface area contributed by atoms with E-state index in [-0.39, 0.29) is 5.91 Å². The van der Waals surface area contributed by atoms with E-state index in [9.17, 15) is 9.59 Å². The van der Waals surface area contributed by atoms with Gasteiger partial charge in [-0.2, -0.15) is 0 Å². The summed E-state index contributed by atoms with van der Waals surface area (Å²) in [5, 5.41) is 0. The molecule has 0 fully saturated rings. The van der Waals surface area contributed by atoms with E-state index in [1.807, 2.05) is 67.6 Å². The van der Waals surface area contributed by atoms with E-state index in [1.54, 1.807) is 17.0 Å². The van der Waals surface area contributed by atoms with Crippen molar-refractivity contribution in [3.63, 3.8) is 0 Å². The van der Waals surface area contributed by atoms with E-state index < -0.39 is 11.8 Å². The van der Waals surface area contributed by atoms with Crippen LogP contribution in [0.5, 0.6) is 11.5 Å². The van der Waals surface area contributed by atoms with Gasteiger partial charge in [-0.1, -0.05) is 43.3 Å². The van der Waals surface area contributed by atoms with E-state index in [0.29, 0.717) is 42.3 Å². The molecule has 1 unspecified atom stereocenters. The Morgan fingerprint density at radius 1 is 1.00 bits per heavy atom. The number of rotatable bonds is 8. The molecule has 3 aromatic carbocycles. The first-order valence-electron chi connectivity index (χ1n) is 11.2. The molecule has 34 heavy (non-hydrogen) atoms. The Morgan fingerprint density at radius 2 is 1.68 bits per heavy atom. The van der Waals surface area contributed by atoms with Crippen LogP contribution in [-0.4, -0.2) is 31.3 Å². The Kier molecular flexibility index (Phi) is 6.84. The molecule has 0 aromatic heterocycles. The number of ether oxygens (including phenoxy) is 3. The SMILES string of the molecule is CCC1(Oc2ccc(CCN)cc2)Oc2ccccc2N(Cc2ccc(C(=O)OC)cc2)C1=O. The molecule has 7 nitrogen and oxygen atoms in total. The van der Waals surface area contributed by atoms with Crippen molar-refractivity contribution in [2.75, 3.05) is 18.6 Å². The van der Waals surface area contributed by atoms with Crippen molar-refractivity contribution in [1.29, 1.82) is 0 Å². The number of carbonyl (C=O) groups excluding carboxylic acids is 2. The summed E-state index contributed by atoms with van der Waals surface area (Å²) in [5.74, 6) is -1.10. The molecule has 4 rings (SSSR count). The number of esters is 1. The van der Waals surface area contributed by atoms with Crippen LogP contribution in [0.15, 0.2) is 72.8 Å². The van der Waals surface area contributed by atoms with Crippen LogP contribution in [0.25, 0.3) is 0 Å². The van der Waals surface area contributed by atoms with Gasteiger partial charge in [0.1, 0.15) is 11.5 Å². The number of fused-ring (bicyclic) bond motifs is 1. The van der Waals surface area contributed by atoms with Crippen LogP contribution in [0.1, 0.15) is 34.8 Å². The molecular weight excluding hydrogens is 432 g/mol. The summed E-state index contributed by atoms with van der Waals surface area (Å²) in [5.41, 5.74) is 8.70. The topological polar surface area (TPSA) is 91.1 Å². The van der Waals surface area contributed by atoms with Crippen LogP contribution >= 0.6 is 0 Å². The third kappa shape index (κ3) is 4.61. The fourth-order valence-corrected chi connectivity index (χ4v) is 3.95. The van der Waals surface area contributed by atoms with E-state index in [2.05, 4.69) is 0 Å². The third-order valence-corrected chi connectivity index (χ3v) is 5.82. The first-order valence-corrected chi connectivity index (χ1v) is 11.2. The van der Waals surface area contributed by atoms with Crippen molar-refractivity contribution in [3.05, 3.63) is 89.5 Å². The van der Waals surface area contributed by atoms with Gasteiger partial charge in [-0.25, -0.2) is 4.79 Å². The van der Waals surface area contributed by atoms with Gasteiger partial charge in [0.15, 0.2) is 0 Å². The third-order valence-electron chi connectivity index (χ3n) is 5.82. The second-order valence-corrected chi connectivity index (χ2v) is 8.04. The summed E-state index contributed by atoms with van der Waals surface area (Å²) >= 11 is 0. The van der Waals surface area contributed by atoms with Gasteiger partial charge in [0, 0.05) is 6.42 Å². The zero-order chi connectivity index (χ0) is 24.1. The van der Waals surface area contributed by atoms with Gasteiger partial charge in [-0.15, -0.1) is 0 Å². The van der Waals surface area contributed by atoms with Crippen LogP contribution in [0.3, 0.4) is 0 Å². The first-order chi connectivity index (χ1) is 16.5.